The number of nitrogens with zero attached hydrogens (tertiary/aromatic N) is 4. The average Bonchev–Trinajstić information content (AvgIpc) is 3.12. The number of fused-ring (bicyclic) bond motifs is 1. The predicted molar refractivity (Wildman–Crippen MR) is 102 cm³/mol. The Morgan fingerprint density at radius 3 is 2.63 bits per heavy atom. The van der Waals surface area contributed by atoms with Gasteiger partial charge >= 0.3 is 5.69 Å². The van der Waals surface area contributed by atoms with Gasteiger partial charge in [-0.25, -0.2) is 14.4 Å². The number of morpholine rings is 1. The quantitative estimate of drug-likeness (QED) is 0.502. The molecule has 0 N–H and O–H groups in total. The molecule has 2 aromatic heterocycles. The first-order chi connectivity index (χ1) is 13.1. The summed E-state index contributed by atoms with van der Waals surface area (Å²) in [5, 5.41) is 12.8. The second kappa shape index (κ2) is 7.37. The predicted octanol–water partition coefficient (Wildman–Crippen LogP) is 3.75. The van der Waals surface area contributed by atoms with E-state index >= 15 is 0 Å². The Hall–Kier alpha value is -2.91. The van der Waals surface area contributed by atoms with Crippen LogP contribution in [-0.2, 0) is 4.74 Å². The highest BCUT2D eigenvalue weighted by atomic mass is 32.1. The molecule has 1 aliphatic rings. The van der Waals surface area contributed by atoms with Crippen molar-refractivity contribution in [1.82, 2.24) is 9.97 Å². The van der Waals surface area contributed by atoms with E-state index in [-0.39, 0.29) is 11.5 Å². The van der Waals surface area contributed by atoms with E-state index in [0.29, 0.717) is 48.2 Å². The van der Waals surface area contributed by atoms with Crippen LogP contribution in [-0.4, -0.2) is 41.2 Å². The van der Waals surface area contributed by atoms with Crippen molar-refractivity contribution >= 4 is 45.2 Å². The third kappa shape index (κ3) is 3.64. The van der Waals surface area contributed by atoms with Crippen LogP contribution >= 0.6 is 11.3 Å². The van der Waals surface area contributed by atoms with Crippen molar-refractivity contribution in [3.05, 3.63) is 57.0 Å². The van der Waals surface area contributed by atoms with Crippen LogP contribution in [0.5, 0.6) is 0 Å². The molecule has 0 radical (unpaired) electrons. The van der Waals surface area contributed by atoms with Crippen LogP contribution in [0.4, 0.5) is 15.9 Å². The van der Waals surface area contributed by atoms with E-state index in [4.69, 9.17) is 4.74 Å². The van der Waals surface area contributed by atoms with Gasteiger partial charge in [0.05, 0.1) is 23.5 Å². The summed E-state index contributed by atoms with van der Waals surface area (Å²) in [7, 11) is 0. The van der Waals surface area contributed by atoms with Crippen molar-refractivity contribution in [1.29, 1.82) is 0 Å². The van der Waals surface area contributed by atoms with Crippen molar-refractivity contribution in [2.24, 2.45) is 0 Å². The lowest BCUT2D eigenvalue weighted by atomic mass is 10.2. The summed E-state index contributed by atoms with van der Waals surface area (Å²) < 4.78 is 19.1. The molecule has 0 amide bonds. The molecule has 0 aliphatic carbocycles. The highest BCUT2D eigenvalue weighted by Crippen LogP contribution is 2.36. The van der Waals surface area contributed by atoms with Crippen LogP contribution in [0, 0.1) is 15.9 Å². The standard InChI is InChI=1S/C18H15FN4O3S/c19-13-4-1-12(2-5-13)3-6-15-20-16-14(23(24)25)11-27-17(16)18(21-15)22-7-9-26-10-8-22/h1-6,11H,7-10H2/b6-3+. The Morgan fingerprint density at radius 2 is 1.93 bits per heavy atom. The monoisotopic (exact) mass is 386 g/mol. The number of benzene rings is 1. The van der Waals surface area contributed by atoms with E-state index < -0.39 is 4.92 Å². The highest BCUT2D eigenvalue weighted by molar-refractivity contribution is 7.18. The zero-order chi connectivity index (χ0) is 18.8. The van der Waals surface area contributed by atoms with Crippen LogP contribution in [0.2, 0.25) is 0 Å². The zero-order valence-corrected chi connectivity index (χ0v) is 15.0. The molecular formula is C18H15FN4O3S. The molecular weight excluding hydrogens is 371 g/mol. The average molecular weight is 386 g/mol. The van der Waals surface area contributed by atoms with Gasteiger partial charge in [-0.3, -0.25) is 10.1 Å². The number of hydrogen-bond donors (Lipinski definition) is 0. The van der Waals surface area contributed by atoms with Crippen molar-refractivity contribution in [3.63, 3.8) is 0 Å². The van der Waals surface area contributed by atoms with Gasteiger partial charge in [0.2, 0.25) is 0 Å². The fourth-order valence-corrected chi connectivity index (χ4v) is 3.82. The van der Waals surface area contributed by atoms with Gasteiger partial charge in [0.1, 0.15) is 10.5 Å². The summed E-state index contributed by atoms with van der Waals surface area (Å²) in [5.41, 5.74) is 1.09. The van der Waals surface area contributed by atoms with Crippen LogP contribution in [0.25, 0.3) is 22.4 Å². The Labute approximate surface area is 157 Å². The number of hydrogen-bond acceptors (Lipinski definition) is 7. The largest absolute Gasteiger partial charge is 0.378 e. The van der Waals surface area contributed by atoms with Gasteiger partial charge in [0.25, 0.3) is 0 Å². The van der Waals surface area contributed by atoms with Gasteiger partial charge in [0, 0.05) is 13.1 Å². The summed E-state index contributed by atoms with van der Waals surface area (Å²) in [5.74, 6) is 0.739. The number of rotatable bonds is 4. The number of thiophene rings is 1. The van der Waals surface area contributed by atoms with Crippen molar-refractivity contribution in [3.8, 4) is 0 Å². The van der Waals surface area contributed by atoms with Gasteiger partial charge in [-0.05, 0) is 23.8 Å². The lowest BCUT2D eigenvalue weighted by Crippen LogP contribution is -2.37. The topological polar surface area (TPSA) is 81.4 Å². The third-order valence-corrected chi connectivity index (χ3v) is 5.15. The second-order valence-electron chi connectivity index (χ2n) is 5.95. The maximum Gasteiger partial charge on any atom is 0.306 e. The molecule has 4 rings (SSSR count). The molecule has 3 heterocycles. The fraction of sp³-hybridized carbons (Fsp3) is 0.222. The zero-order valence-electron chi connectivity index (χ0n) is 14.2. The SMILES string of the molecule is O=[N+]([O-])c1csc2c(N3CCOCC3)nc(/C=C/c3ccc(F)cc3)nc12. The summed E-state index contributed by atoms with van der Waals surface area (Å²) in [6.45, 7) is 2.50. The molecule has 1 aromatic carbocycles. The number of ether oxygens (including phenoxy) is 1. The number of halogens is 1. The van der Waals surface area contributed by atoms with Crippen LogP contribution in [0.15, 0.2) is 29.6 Å². The smallest absolute Gasteiger partial charge is 0.306 e. The number of anilines is 1. The van der Waals surface area contributed by atoms with Crippen molar-refractivity contribution < 1.29 is 14.1 Å². The minimum absolute atomic E-state index is 0.0247. The summed E-state index contributed by atoms with van der Waals surface area (Å²) in [6, 6.07) is 6.01. The summed E-state index contributed by atoms with van der Waals surface area (Å²) >= 11 is 1.27. The van der Waals surface area contributed by atoms with Crippen LogP contribution < -0.4 is 4.90 Å². The van der Waals surface area contributed by atoms with Gasteiger partial charge < -0.3 is 9.64 Å². The Balaban J connectivity index is 1.78. The molecule has 1 aliphatic heterocycles. The fourth-order valence-electron chi connectivity index (χ4n) is 2.85. The Kier molecular flexibility index (Phi) is 4.78. The molecule has 3 aromatic rings. The van der Waals surface area contributed by atoms with E-state index in [1.54, 1.807) is 24.3 Å². The van der Waals surface area contributed by atoms with Gasteiger partial charge in [-0.1, -0.05) is 18.2 Å². The Morgan fingerprint density at radius 1 is 1.19 bits per heavy atom. The lowest BCUT2D eigenvalue weighted by molar-refractivity contribution is -0.382. The maximum atomic E-state index is 13.0. The minimum atomic E-state index is -0.428. The summed E-state index contributed by atoms with van der Waals surface area (Å²) in [4.78, 5) is 22.0. The molecule has 1 fully saturated rings. The van der Waals surface area contributed by atoms with Crippen LogP contribution in [0.1, 0.15) is 11.4 Å². The molecule has 0 atom stereocenters. The molecule has 7 nitrogen and oxygen atoms in total. The maximum absolute atomic E-state index is 13.0. The molecule has 0 unspecified atom stereocenters. The molecule has 138 valence electrons. The first-order valence-electron chi connectivity index (χ1n) is 8.32. The van der Waals surface area contributed by atoms with E-state index in [2.05, 4.69) is 14.9 Å². The van der Waals surface area contributed by atoms with Crippen molar-refractivity contribution in [2.75, 3.05) is 31.2 Å². The van der Waals surface area contributed by atoms with E-state index in [9.17, 15) is 14.5 Å². The minimum Gasteiger partial charge on any atom is -0.378 e. The lowest BCUT2D eigenvalue weighted by Gasteiger charge is -2.28. The van der Waals surface area contributed by atoms with Gasteiger partial charge in [0.15, 0.2) is 17.2 Å². The molecule has 1 saturated heterocycles. The van der Waals surface area contributed by atoms with E-state index in [1.165, 1.54) is 28.8 Å². The second-order valence-corrected chi connectivity index (χ2v) is 6.83. The van der Waals surface area contributed by atoms with Gasteiger partial charge in [-0.15, -0.1) is 11.3 Å². The van der Waals surface area contributed by atoms with E-state index in [1.807, 2.05) is 0 Å². The van der Waals surface area contributed by atoms with E-state index in [0.717, 1.165) is 5.56 Å². The number of aromatic nitrogens is 2. The van der Waals surface area contributed by atoms with Crippen molar-refractivity contribution in [2.45, 2.75) is 0 Å². The first kappa shape index (κ1) is 17.5. The number of nitro groups is 1. The van der Waals surface area contributed by atoms with Gasteiger partial charge in [-0.2, -0.15) is 0 Å². The summed E-state index contributed by atoms with van der Waals surface area (Å²) in [6.07, 6.45) is 3.43. The molecule has 9 heteroatoms. The molecule has 0 saturated carbocycles. The molecule has 27 heavy (non-hydrogen) atoms. The molecule has 0 spiro atoms. The highest BCUT2D eigenvalue weighted by Gasteiger charge is 2.23. The molecule has 0 bridgehead atoms. The first-order valence-corrected chi connectivity index (χ1v) is 9.20. The Bertz CT molecular complexity index is 1010. The normalized spacial score (nSPS) is 14.9. The third-order valence-electron chi connectivity index (χ3n) is 4.20. The van der Waals surface area contributed by atoms with Crippen LogP contribution in [0.3, 0.4) is 0 Å².